The molecule has 0 saturated heterocycles. The van der Waals surface area contributed by atoms with E-state index >= 15 is 0 Å². The Balaban J connectivity index is 2.36. The first-order valence-corrected chi connectivity index (χ1v) is 6.70. The number of nitro groups is 1. The minimum Gasteiger partial charge on any atom is -0.316 e. The van der Waals surface area contributed by atoms with Gasteiger partial charge in [0.1, 0.15) is 11.5 Å². The average molecular weight is 353 g/mol. The van der Waals surface area contributed by atoms with E-state index in [9.17, 15) is 19.3 Å². The highest BCUT2D eigenvalue weighted by Gasteiger charge is 2.18. The second kappa shape index (κ2) is 6.01. The molecule has 0 aliphatic carbocycles. The smallest absolute Gasteiger partial charge is 0.295 e. The van der Waals surface area contributed by atoms with Crippen molar-refractivity contribution in [2.45, 2.75) is 6.92 Å². The molecule has 2 aromatic carbocycles. The maximum absolute atomic E-state index is 13.1. The lowest BCUT2D eigenvalue weighted by molar-refractivity contribution is -0.384. The van der Waals surface area contributed by atoms with Gasteiger partial charge >= 0.3 is 0 Å². The largest absolute Gasteiger partial charge is 0.316 e. The quantitative estimate of drug-likeness (QED) is 0.668. The van der Waals surface area contributed by atoms with Gasteiger partial charge in [0.05, 0.1) is 11.0 Å². The number of nitro benzene ring substituents is 1. The molecule has 0 bridgehead atoms. The maximum atomic E-state index is 13.1. The van der Waals surface area contributed by atoms with E-state index in [0.29, 0.717) is 11.1 Å². The first-order chi connectivity index (χ1) is 9.90. The highest BCUT2D eigenvalue weighted by atomic mass is 79.9. The number of amides is 1. The summed E-state index contributed by atoms with van der Waals surface area (Å²) in [6.45, 7) is 1.75. The summed E-state index contributed by atoms with van der Waals surface area (Å²) in [5, 5.41) is 13.3. The molecule has 0 heterocycles. The Bertz CT molecular complexity index is 734. The van der Waals surface area contributed by atoms with Crippen LogP contribution in [-0.2, 0) is 0 Å². The normalized spacial score (nSPS) is 10.2. The first kappa shape index (κ1) is 15.1. The molecule has 108 valence electrons. The lowest BCUT2D eigenvalue weighted by atomic mass is 10.1. The van der Waals surface area contributed by atoms with E-state index in [1.54, 1.807) is 25.1 Å². The SMILES string of the molecule is Cc1c(Br)cccc1C(=O)Nc1ccc(F)cc1[N+](=O)[O-]. The van der Waals surface area contributed by atoms with Crippen LogP contribution < -0.4 is 5.32 Å². The van der Waals surface area contributed by atoms with Crippen LogP contribution >= 0.6 is 15.9 Å². The topological polar surface area (TPSA) is 72.2 Å². The first-order valence-electron chi connectivity index (χ1n) is 5.90. The van der Waals surface area contributed by atoms with Crippen molar-refractivity contribution in [3.63, 3.8) is 0 Å². The van der Waals surface area contributed by atoms with Gasteiger partial charge in [-0.15, -0.1) is 0 Å². The predicted octanol–water partition coefficient (Wildman–Crippen LogP) is 4.06. The lowest BCUT2D eigenvalue weighted by Gasteiger charge is -2.09. The van der Waals surface area contributed by atoms with Crippen LogP contribution in [-0.4, -0.2) is 10.8 Å². The molecule has 2 aromatic rings. The summed E-state index contributed by atoms with van der Waals surface area (Å²) < 4.78 is 13.8. The summed E-state index contributed by atoms with van der Waals surface area (Å²) in [4.78, 5) is 22.3. The molecule has 2 rings (SSSR count). The van der Waals surface area contributed by atoms with Crippen molar-refractivity contribution in [1.82, 2.24) is 0 Å². The molecule has 0 unspecified atom stereocenters. The van der Waals surface area contributed by atoms with E-state index in [-0.39, 0.29) is 5.69 Å². The molecule has 0 aromatic heterocycles. The summed E-state index contributed by atoms with van der Waals surface area (Å²) in [5.74, 6) is -1.23. The number of hydrogen-bond acceptors (Lipinski definition) is 3. The van der Waals surface area contributed by atoms with Crippen molar-refractivity contribution in [1.29, 1.82) is 0 Å². The van der Waals surface area contributed by atoms with Crippen molar-refractivity contribution in [3.8, 4) is 0 Å². The summed E-state index contributed by atoms with van der Waals surface area (Å²) in [5.41, 5.74) is 0.546. The van der Waals surface area contributed by atoms with Crippen LogP contribution in [0.4, 0.5) is 15.8 Å². The standard InChI is InChI=1S/C14H10BrFN2O3/c1-8-10(3-2-4-11(8)15)14(19)17-12-6-5-9(16)7-13(12)18(20)21/h2-7H,1H3,(H,17,19). The van der Waals surface area contributed by atoms with E-state index in [2.05, 4.69) is 21.2 Å². The molecular weight excluding hydrogens is 343 g/mol. The van der Waals surface area contributed by atoms with Gasteiger partial charge in [-0.25, -0.2) is 4.39 Å². The van der Waals surface area contributed by atoms with Crippen molar-refractivity contribution < 1.29 is 14.1 Å². The molecule has 1 N–H and O–H groups in total. The monoisotopic (exact) mass is 352 g/mol. The Hall–Kier alpha value is -2.28. The second-order valence-corrected chi connectivity index (χ2v) is 5.14. The van der Waals surface area contributed by atoms with Gasteiger partial charge in [0, 0.05) is 10.0 Å². The predicted molar refractivity (Wildman–Crippen MR) is 79.9 cm³/mol. The number of nitrogens with one attached hydrogen (secondary N) is 1. The number of hydrogen-bond donors (Lipinski definition) is 1. The molecule has 21 heavy (non-hydrogen) atoms. The lowest BCUT2D eigenvalue weighted by Crippen LogP contribution is -2.14. The van der Waals surface area contributed by atoms with Crippen molar-refractivity contribution >= 4 is 33.2 Å². The third-order valence-corrected chi connectivity index (χ3v) is 3.78. The summed E-state index contributed by atoms with van der Waals surface area (Å²) in [7, 11) is 0. The zero-order valence-corrected chi connectivity index (χ0v) is 12.5. The van der Waals surface area contributed by atoms with E-state index in [0.717, 1.165) is 16.6 Å². The summed E-state index contributed by atoms with van der Waals surface area (Å²) in [6, 6.07) is 8.06. The van der Waals surface area contributed by atoms with Crippen LogP contribution in [0.2, 0.25) is 0 Å². The molecule has 0 atom stereocenters. The highest BCUT2D eigenvalue weighted by molar-refractivity contribution is 9.10. The van der Waals surface area contributed by atoms with Crippen molar-refractivity contribution in [3.05, 3.63) is 67.9 Å². The Kier molecular flexibility index (Phi) is 4.32. The van der Waals surface area contributed by atoms with Crippen LogP contribution in [0.5, 0.6) is 0 Å². The molecular formula is C14H10BrFN2O3. The molecule has 1 amide bonds. The molecule has 0 saturated carbocycles. The average Bonchev–Trinajstić information content (AvgIpc) is 2.43. The van der Waals surface area contributed by atoms with Gasteiger partial charge < -0.3 is 5.32 Å². The van der Waals surface area contributed by atoms with E-state index in [1.807, 2.05) is 0 Å². The number of halogens is 2. The van der Waals surface area contributed by atoms with Gasteiger partial charge in [-0.05, 0) is 36.8 Å². The van der Waals surface area contributed by atoms with Gasteiger partial charge in [0.2, 0.25) is 0 Å². The zero-order valence-electron chi connectivity index (χ0n) is 10.9. The van der Waals surface area contributed by atoms with Crippen molar-refractivity contribution in [2.75, 3.05) is 5.32 Å². The number of benzene rings is 2. The van der Waals surface area contributed by atoms with Crippen LogP contribution in [0.3, 0.4) is 0 Å². The Labute approximate surface area is 128 Å². The Morgan fingerprint density at radius 3 is 2.71 bits per heavy atom. The number of rotatable bonds is 3. The van der Waals surface area contributed by atoms with Gasteiger partial charge in [-0.2, -0.15) is 0 Å². The molecule has 5 nitrogen and oxygen atoms in total. The Morgan fingerprint density at radius 1 is 1.33 bits per heavy atom. The van der Waals surface area contributed by atoms with Crippen LogP contribution in [0.1, 0.15) is 15.9 Å². The van der Waals surface area contributed by atoms with E-state index < -0.39 is 22.3 Å². The summed E-state index contributed by atoms with van der Waals surface area (Å²) >= 11 is 3.31. The van der Waals surface area contributed by atoms with E-state index in [1.165, 1.54) is 6.07 Å². The third-order valence-electron chi connectivity index (χ3n) is 2.92. The van der Waals surface area contributed by atoms with Crippen molar-refractivity contribution in [2.24, 2.45) is 0 Å². The second-order valence-electron chi connectivity index (χ2n) is 4.29. The molecule has 0 spiro atoms. The third kappa shape index (κ3) is 3.25. The zero-order chi connectivity index (χ0) is 15.6. The maximum Gasteiger partial charge on any atom is 0.295 e. The highest BCUT2D eigenvalue weighted by Crippen LogP contribution is 2.26. The minimum atomic E-state index is -0.744. The number of carbonyl (C=O) groups is 1. The summed E-state index contributed by atoms with van der Waals surface area (Å²) in [6.07, 6.45) is 0. The minimum absolute atomic E-state index is 0.0502. The van der Waals surface area contributed by atoms with Gasteiger partial charge in [0.15, 0.2) is 0 Å². The van der Waals surface area contributed by atoms with Crippen LogP contribution in [0.15, 0.2) is 40.9 Å². The molecule has 0 radical (unpaired) electrons. The fourth-order valence-corrected chi connectivity index (χ4v) is 2.17. The fraction of sp³-hybridized carbons (Fsp3) is 0.0714. The van der Waals surface area contributed by atoms with Gasteiger partial charge in [-0.3, -0.25) is 14.9 Å². The van der Waals surface area contributed by atoms with Crippen LogP contribution in [0, 0.1) is 22.9 Å². The number of nitrogens with zero attached hydrogens (tertiary/aromatic N) is 1. The van der Waals surface area contributed by atoms with Gasteiger partial charge in [0.25, 0.3) is 11.6 Å². The fourth-order valence-electron chi connectivity index (χ4n) is 1.80. The Morgan fingerprint density at radius 2 is 2.05 bits per heavy atom. The molecule has 7 heteroatoms. The molecule has 0 fully saturated rings. The molecule has 0 aliphatic rings. The van der Waals surface area contributed by atoms with E-state index in [4.69, 9.17) is 0 Å². The van der Waals surface area contributed by atoms with Gasteiger partial charge in [-0.1, -0.05) is 22.0 Å². The number of anilines is 1. The number of carbonyl (C=O) groups excluding carboxylic acids is 1. The molecule has 0 aliphatic heterocycles. The van der Waals surface area contributed by atoms with Crippen LogP contribution in [0.25, 0.3) is 0 Å².